The largest absolute Gasteiger partial charge is 0.279 e. The van der Waals surface area contributed by atoms with Gasteiger partial charge >= 0.3 is 0 Å². The van der Waals surface area contributed by atoms with Crippen LogP contribution in [0.1, 0.15) is 37.1 Å². The molecule has 1 aromatic rings. The summed E-state index contributed by atoms with van der Waals surface area (Å²) in [4.78, 5) is 4.31. The Morgan fingerprint density at radius 3 is 2.78 bits per heavy atom. The lowest BCUT2D eigenvalue weighted by atomic mass is 9.99. The average molecular weight is 289 g/mol. The van der Waals surface area contributed by atoms with Crippen molar-refractivity contribution in [3.8, 4) is 0 Å². The highest BCUT2D eigenvalue weighted by Crippen LogP contribution is 2.29. The van der Waals surface area contributed by atoms with Gasteiger partial charge in [0.1, 0.15) is 0 Å². The first-order valence-corrected chi connectivity index (χ1v) is 8.59. The Kier molecular flexibility index (Phi) is 4.71. The molecule has 0 saturated carbocycles. The molecule has 2 rings (SSSR count). The van der Waals surface area contributed by atoms with Crippen LogP contribution >= 0.6 is 11.3 Å². The molecule has 0 aromatic carbocycles. The monoisotopic (exact) mass is 289 g/mol. The molecule has 7 heteroatoms. The van der Waals surface area contributed by atoms with Crippen molar-refractivity contribution in [2.45, 2.75) is 32.1 Å². The SMILES string of the molecule is CCCNS(=O)(=O)N1CCC(c2nccs2)CC1. The maximum absolute atomic E-state index is 11.9. The van der Waals surface area contributed by atoms with Gasteiger partial charge in [-0.2, -0.15) is 12.7 Å². The summed E-state index contributed by atoms with van der Waals surface area (Å²) in [6.07, 6.45) is 4.35. The minimum absolute atomic E-state index is 0.419. The highest BCUT2D eigenvalue weighted by molar-refractivity contribution is 7.87. The van der Waals surface area contributed by atoms with E-state index in [2.05, 4.69) is 9.71 Å². The third kappa shape index (κ3) is 3.28. The number of aromatic nitrogens is 1. The Bertz CT molecular complexity index is 451. The molecule has 1 fully saturated rings. The molecular formula is C11H19N3O2S2. The quantitative estimate of drug-likeness (QED) is 0.895. The van der Waals surface area contributed by atoms with Gasteiger partial charge in [-0.1, -0.05) is 6.92 Å². The van der Waals surface area contributed by atoms with E-state index in [0.717, 1.165) is 24.3 Å². The van der Waals surface area contributed by atoms with Crippen LogP contribution in [-0.4, -0.2) is 37.3 Å². The van der Waals surface area contributed by atoms with E-state index in [1.807, 2.05) is 18.5 Å². The molecule has 2 heterocycles. The van der Waals surface area contributed by atoms with Gasteiger partial charge in [0.15, 0.2) is 0 Å². The first-order chi connectivity index (χ1) is 8.63. The molecule has 0 amide bonds. The molecule has 0 atom stereocenters. The second kappa shape index (κ2) is 6.10. The molecule has 1 N–H and O–H groups in total. The Hall–Kier alpha value is -0.500. The van der Waals surface area contributed by atoms with E-state index in [-0.39, 0.29) is 0 Å². The van der Waals surface area contributed by atoms with Crippen LogP contribution in [-0.2, 0) is 10.2 Å². The fourth-order valence-electron chi connectivity index (χ4n) is 2.10. The number of nitrogens with zero attached hydrogens (tertiary/aromatic N) is 2. The van der Waals surface area contributed by atoms with Gasteiger partial charge in [0, 0.05) is 37.1 Å². The van der Waals surface area contributed by atoms with Gasteiger partial charge in [0.25, 0.3) is 10.2 Å². The summed E-state index contributed by atoms with van der Waals surface area (Å²) in [5.41, 5.74) is 0. The maximum Gasteiger partial charge on any atom is 0.279 e. The molecule has 18 heavy (non-hydrogen) atoms. The molecule has 1 saturated heterocycles. The predicted molar refractivity (Wildman–Crippen MR) is 72.9 cm³/mol. The summed E-state index contributed by atoms with van der Waals surface area (Å²) in [6.45, 7) is 3.64. The minimum atomic E-state index is -3.27. The number of hydrogen-bond acceptors (Lipinski definition) is 4. The molecular weight excluding hydrogens is 270 g/mol. The molecule has 0 unspecified atom stereocenters. The van der Waals surface area contributed by atoms with Crippen molar-refractivity contribution in [2.24, 2.45) is 0 Å². The lowest BCUT2D eigenvalue weighted by Crippen LogP contribution is -2.44. The summed E-state index contributed by atoms with van der Waals surface area (Å²) >= 11 is 1.66. The lowest BCUT2D eigenvalue weighted by molar-refractivity contribution is 0.315. The second-order valence-corrected chi connectivity index (χ2v) is 7.12. The number of rotatable bonds is 5. The summed E-state index contributed by atoms with van der Waals surface area (Å²) in [7, 11) is -3.27. The van der Waals surface area contributed by atoms with E-state index < -0.39 is 10.2 Å². The zero-order chi connectivity index (χ0) is 13.0. The van der Waals surface area contributed by atoms with Gasteiger partial charge in [-0.3, -0.25) is 0 Å². The van der Waals surface area contributed by atoms with Crippen molar-refractivity contribution in [3.63, 3.8) is 0 Å². The van der Waals surface area contributed by atoms with Gasteiger partial charge in [-0.15, -0.1) is 11.3 Å². The zero-order valence-electron chi connectivity index (χ0n) is 10.5. The normalized spacial score (nSPS) is 19.2. The molecule has 1 aliphatic heterocycles. The number of thiazole rings is 1. The van der Waals surface area contributed by atoms with E-state index in [0.29, 0.717) is 25.6 Å². The molecule has 0 spiro atoms. The number of hydrogen-bond donors (Lipinski definition) is 1. The van der Waals surface area contributed by atoms with Crippen molar-refractivity contribution < 1.29 is 8.42 Å². The van der Waals surface area contributed by atoms with Crippen LogP contribution in [0.2, 0.25) is 0 Å². The van der Waals surface area contributed by atoms with Gasteiger partial charge in [0.05, 0.1) is 5.01 Å². The van der Waals surface area contributed by atoms with E-state index >= 15 is 0 Å². The van der Waals surface area contributed by atoms with Crippen molar-refractivity contribution >= 4 is 21.5 Å². The van der Waals surface area contributed by atoms with Crippen molar-refractivity contribution in [2.75, 3.05) is 19.6 Å². The first kappa shape index (κ1) is 13.9. The van der Waals surface area contributed by atoms with Crippen molar-refractivity contribution in [1.29, 1.82) is 0 Å². The molecule has 5 nitrogen and oxygen atoms in total. The van der Waals surface area contributed by atoms with Crippen LogP contribution in [0.25, 0.3) is 0 Å². The van der Waals surface area contributed by atoms with E-state index in [9.17, 15) is 8.42 Å². The molecule has 1 aliphatic rings. The Morgan fingerprint density at radius 2 is 2.22 bits per heavy atom. The van der Waals surface area contributed by atoms with Gasteiger partial charge < -0.3 is 0 Å². The summed E-state index contributed by atoms with van der Waals surface area (Å²) in [5, 5.41) is 3.11. The molecule has 0 radical (unpaired) electrons. The van der Waals surface area contributed by atoms with E-state index in [1.165, 1.54) is 0 Å². The molecule has 0 aliphatic carbocycles. The third-order valence-electron chi connectivity index (χ3n) is 3.13. The topological polar surface area (TPSA) is 62.3 Å². The maximum atomic E-state index is 11.9. The zero-order valence-corrected chi connectivity index (χ0v) is 12.1. The van der Waals surface area contributed by atoms with Gasteiger partial charge in [-0.25, -0.2) is 9.71 Å². The molecule has 1 aromatic heterocycles. The molecule has 0 bridgehead atoms. The van der Waals surface area contributed by atoms with Crippen molar-refractivity contribution in [1.82, 2.24) is 14.0 Å². The van der Waals surface area contributed by atoms with Crippen LogP contribution in [0.15, 0.2) is 11.6 Å². The van der Waals surface area contributed by atoms with Crippen LogP contribution in [0.4, 0.5) is 0 Å². The van der Waals surface area contributed by atoms with Gasteiger partial charge in [0.2, 0.25) is 0 Å². The number of nitrogens with one attached hydrogen (secondary N) is 1. The standard InChI is InChI=1S/C11H19N3O2S2/c1-2-5-13-18(15,16)14-7-3-10(4-8-14)11-12-6-9-17-11/h6,9-10,13H,2-5,7-8H2,1H3. The minimum Gasteiger partial charge on any atom is -0.249 e. The van der Waals surface area contributed by atoms with Crippen LogP contribution < -0.4 is 4.72 Å². The van der Waals surface area contributed by atoms with Crippen LogP contribution in [0.5, 0.6) is 0 Å². The summed E-state index contributed by atoms with van der Waals surface area (Å²) in [5.74, 6) is 0.419. The lowest BCUT2D eigenvalue weighted by Gasteiger charge is -2.30. The fourth-order valence-corrected chi connectivity index (χ4v) is 4.25. The highest BCUT2D eigenvalue weighted by atomic mass is 32.2. The Morgan fingerprint density at radius 1 is 1.50 bits per heavy atom. The van der Waals surface area contributed by atoms with Crippen LogP contribution in [0, 0.1) is 0 Å². The second-order valence-electron chi connectivity index (χ2n) is 4.44. The van der Waals surface area contributed by atoms with Crippen molar-refractivity contribution in [3.05, 3.63) is 16.6 Å². The third-order valence-corrected chi connectivity index (χ3v) is 5.68. The number of piperidine rings is 1. The summed E-state index contributed by atoms with van der Waals surface area (Å²) in [6, 6.07) is 0. The molecule has 102 valence electrons. The van der Waals surface area contributed by atoms with Gasteiger partial charge in [-0.05, 0) is 19.3 Å². The average Bonchev–Trinajstić information content (AvgIpc) is 2.90. The fraction of sp³-hybridized carbons (Fsp3) is 0.727. The first-order valence-electron chi connectivity index (χ1n) is 6.27. The smallest absolute Gasteiger partial charge is 0.249 e. The van der Waals surface area contributed by atoms with E-state index in [4.69, 9.17) is 0 Å². The predicted octanol–water partition coefficient (Wildman–Crippen LogP) is 1.57. The van der Waals surface area contributed by atoms with E-state index in [1.54, 1.807) is 15.6 Å². The Balaban J connectivity index is 1.90. The highest BCUT2D eigenvalue weighted by Gasteiger charge is 2.28. The Labute approximate surface area is 112 Å². The van der Waals surface area contributed by atoms with Crippen LogP contribution in [0.3, 0.4) is 0 Å². The summed E-state index contributed by atoms with van der Waals surface area (Å²) < 4.78 is 28.0.